The number of hydrogen-bond acceptors (Lipinski definition) is 4. The van der Waals surface area contributed by atoms with E-state index in [-0.39, 0.29) is 11.9 Å². The highest BCUT2D eigenvalue weighted by atomic mass is 16.1. The molecule has 6 nitrogen and oxygen atoms in total. The van der Waals surface area contributed by atoms with E-state index in [9.17, 15) is 4.79 Å². The molecule has 0 bridgehead atoms. The number of aryl methyl sites for hydroxylation is 1. The van der Waals surface area contributed by atoms with Crippen molar-refractivity contribution in [2.75, 3.05) is 0 Å². The Balaban J connectivity index is 1.45. The number of benzene rings is 2. The van der Waals surface area contributed by atoms with Gasteiger partial charge in [0, 0.05) is 42.2 Å². The molecule has 3 heterocycles. The van der Waals surface area contributed by atoms with Crippen molar-refractivity contribution in [2.24, 2.45) is 7.05 Å². The number of carbonyl (C=O) groups is 1. The summed E-state index contributed by atoms with van der Waals surface area (Å²) in [4.78, 5) is 22.0. The van der Waals surface area contributed by atoms with E-state index in [1.54, 1.807) is 23.1 Å². The molecule has 0 aliphatic rings. The van der Waals surface area contributed by atoms with E-state index in [1.165, 1.54) is 0 Å². The highest BCUT2D eigenvalue weighted by Gasteiger charge is 2.15. The molecule has 0 saturated heterocycles. The first kappa shape index (κ1) is 20.6. The second-order valence-corrected chi connectivity index (χ2v) is 8.04. The Hall–Kier alpha value is -4.32. The van der Waals surface area contributed by atoms with Gasteiger partial charge in [0.1, 0.15) is 5.69 Å². The van der Waals surface area contributed by atoms with Gasteiger partial charge in [0.2, 0.25) is 0 Å². The molecule has 0 spiro atoms. The Bertz CT molecular complexity index is 1420. The summed E-state index contributed by atoms with van der Waals surface area (Å²) in [5, 5.41) is 8.16. The maximum absolute atomic E-state index is 12.9. The molecule has 0 radical (unpaired) electrons. The first-order valence-electron chi connectivity index (χ1n) is 10.8. The summed E-state index contributed by atoms with van der Waals surface area (Å²) in [5.41, 5.74) is 6.20. The number of amides is 1. The molecule has 0 saturated carbocycles. The summed E-state index contributed by atoms with van der Waals surface area (Å²) in [6.07, 6.45) is 7.39. The van der Waals surface area contributed by atoms with Crippen LogP contribution in [-0.4, -0.2) is 25.7 Å². The predicted octanol–water partition coefficient (Wildman–Crippen LogP) is 5.19. The van der Waals surface area contributed by atoms with Crippen molar-refractivity contribution in [1.82, 2.24) is 25.1 Å². The zero-order valence-electron chi connectivity index (χ0n) is 18.4. The van der Waals surface area contributed by atoms with Crippen LogP contribution in [0.15, 0.2) is 91.5 Å². The van der Waals surface area contributed by atoms with Gasteiger partial charge in [-0.15, -0.1) is 0 Å². The zero-order chi connectivity index (χ0) is 22.8. The standard InChI is InChI=1S/C27H23N5O/c1-18(19-6-4-3-5-7-19)30-27(33)25-13-12-22-14-28-16-24(26(22)31-25)21-10-8-20(9-11-21)23-15-29-32(2)17-23/h3-18H,1-2H3,(H,30,33)/t18-/m1/s1. The summed E-state index contributed by atoms with van der Waals surface area (Å²) >= 11 is 0. The molecule has 0 fully saturated rings. The average molecular weight is 434 g/mol. The van der Waals surface area contributed by atoms with Crippen molar-refractivity contribution in [2.45, 2.75) is 13.0 Å². The largest absolute Gasteiger partial charge is 0.344 e. The van der Waals surface area contributed by atoms with Gasteiger partial charge < -0.3 is 5.32 Å². The second kappa shape index (κ2) is 8.67. The molecule has 1 N–H and O–H groups in total. The zero-order valence-corrected chi connectivity index (χ0v) is 18.4. The normalized spacial score (nSPS) is 11.9. The molecular formula is C27H23N5O. The second-order valence-electron chi connectivity index (χ2n) is 8.04. The van der Waals surface area contributed by atoms with Gasteiger partial charge in [0.05, 0.1) is 17.8 Å². The molecule has 0 aliphatic heterocycles. The maximum atomic E-state index is 12.9. The van der Waals surface area contributed by atoms with Crippen LogP contribution >= 0.6 is 0 Å². The van der Waals surface area contributed by atoms with Gasteiger partial charge in [-0.2, -0.15) is 5.10 Å². The molecule has 162 valence electrons. The lowest BCUT2D eigenvalue weighted by molar-refractivity contribution is 0.0935. The number of pyridine rings is 2. The van der Waals surface area contributed by atoms with Crippen molar-refractivity contribution < 1.29 is 4.79 Å². The Kier molecular flexibility index (Phi) is 5.40. The molecule has 0 unspecified atom stereocenters. The van der Waals surface area contributed by atoms with E-state index < -0.39 is 0 Å². The van der Waals surface area contributed by atoms with E-state index in [1.807, 2.05) is 74.9 Å². The minimum atomic E-state index is -0.206. The Morgan fingerprint density at radius 2 is 1.64 bits per heavy atom. The van der Waals surface area contributed by atoms with E-state index in [0.717, 1.165) is 38.7 Å². The van der Waals surface area contributed by atoms with E-state index in [0.29, 0.717) is 5.69 Å². The molecule has 0 aliphatic carbocycles. The number of aromatic nitrogens is 4. The van der Waals surface area contributed by atoms with Crippen LogP contribution < -0.4 is 5.32 Å². The SMILES string of the molecule is C[C@@H](NC(=O)c1ccc2cncc(-c3ccc(-c4cnn(C)c4)cc3)c2n1)c1ccccc1. The third-order valence-electron chi connectivity index (χ3n) is 5.71. The number of hydrogen-bond donors (Lipinski definition) is 1. The van der Waals surface area contributed by atoms with Crippen LogP contribution in [0.3, 0.4) is 0 Å². The highest BCUT2D eigenvalue weighted by Crippen LogP contribution is 2.29. The van der Waals surface area contributed by atoms with Gasteiger partial charge in [0.25, 0.3) is 5.91 Å². The van der Waals surface area contributed by atoms with Gasteiger partial charge >= 0.3 is 0 Å². The number of nitrogens with one attached hydrogen (secondary N) is 1. The average Bonchev–Trinajstić information content (AvgIpc) is 3.30. The molecule has 3 aromatic heterocycles. The van der Waals surface area contributed by atoms with Crippen LogP contribution in [0, 0.1) is 0 Å². The van der Waals surface area contributed by atoms with Gasteiger partial charge in [-0.05, 0) is 35.7 Å². The quantitative estimate of drug-likeness (QED) is 0.414. The summed E-state index contributed by atoms with van der Waals surface area (Å²) < 4.78 is 1.78. The molecule has 1 atom stereocenters. The summed E-state index contributed by atoms with van der Waals surface area (Å²) in [6.45, 7) is 1.97. The van der Waals surface area contributed by atoms with Crippen molar-refractivity contribution >= 4 is 16.8 Å². The first-order chi connectivity index (χ1) is 16.1. The lowest BCUT2D eigenvalue weighted by Crippen LogP contribution is -2.27. The van der Waals surface area contributed by atoms with Gasteiger partial charge in [0.15, 0.2) is 0 Å². The van der Waals surface area contributed by atoms with Crippen molar-refractivity contribution in [3.05, 3.63) is 103 Å². The lowest BCUT2D eigenvalue weighted by Gasteiger charge is -2.14. The summed E-state index contributed by atoms with van der Waals surface area (Å²) in [7, 11) is 1.90. The number of nitrogens with zero attached hydrogens (tertiary/aromatic N) is 4. The molecule has 33 heavy (non-hydrogen) atoms. The molecule has 5 aromatic rings. The van der Waals surface area contributed by atoms with Gasteiger partial charge in [-0.1, -0.05) is 54.6 Å². The fourth-order valence-electron chi connectivity index (χ4n) is 3.89. The molecule has 5 rings (SSSR count). The van der Waals surface area contributed by atoms with Crippen LogP contribution in [0.2, 0.25) is 0 Å². The van der Waals surface area contributed by atoms with E-state index >= 15 is 0 Å². The fraction of sp³-hybridized carbons (Fsp3) is 0.111. The van der Waals surface area contributed by atoms with Crippen molar-refractivity contribution in [1.29, 1.82) is 0 Å². The smallest absolute Gasteiger partial charge is 0.270 e. The highest BCUT2D eigenvalue weighted by molar-refractivity contribution is 5.98. The molecule has 1 amide bonds. The first-order valence-corrected chi connectivity index (χ1v) is 10.8. The Morgan fingerprint density at radius 1 is 0.879 bits per heavy atom. The monoisotopic (exact) mass is 433 g/mol. The lowest BCUT2D eigenvalue weighted by atomic mass is 10.0. The fourth-order valence-corrected chi connectivity index (χ4v) is 3.89. The molecule has 6 heteroatoms. The van der Waals surface area contributed by atoms with Crippen LogP contribution in [0.4, 0.5) is 0 Å². The van der Waals surface area contributed by atoms with Crippen LogP contribution in [0.5, 0.6) is 0 Å². The molecule has 2 aromatic carbocycles. The summed E-state index contributed by atoms with van der Waals surface area (Å²) in [6, 6.07) is 21.6. The predicted molar refractivity (Wildman–Crippen MR) is 129 cm³/mol. The Labute approximate surface area is 192 Å². The van der Waals surface area contributed by atoms with Gasteiger partial charge in [-0.25, -0.2) is 4.98 Å². The van der Waals surface area contributed by atoms with Crippen LogP contribution in [0.25, 0.3) is 33.2 Å². The third kappa shape index (κ3) is 4.23. The van der Waals surface area contributed by atoms with Crippen LogP contribution in [0.1, 0.15) is 29.0 Å². The van der Waals surface area contributed by atoms with Crippen molar-refractivity contribution in [3.8, 4) is 22.3 Å². The maximum Gasteiger partial charge on any atom is 0.270 e. The topological polar surface area (TPSA) is 72.7 Å². The minimum absolute atomic E-state index is 0.117. The minimum Gasteiger partial charge on any atom is -0.344 e. The van der Waals surface area contributed by atoms with Gasteiger partial charge in [-0.3, -0.25) is 14.5 Å². The Morgan fingerprint density at radius 3 is 2.36 bits per heavy atom. The number of fused-ring (bicyclic) bond motifs is 1. The van der Waals surface area contributed by atoms with Crippen LogP contribution in [-0.2, 0) is 7.05 Å². The third-order valence-corrected chi connectivity index (χ3v) is 5.71. The summed E-state index contributed by atoms with van der Waals surface area (Å²) in [5.74, 6) is -0.206. The number of rotatable bonds is 5. The number of carbonyl (C=O) groups excluding carboxylic acids is 1. The van der Waals surface area contributed by atoms with E-state index in [2.05, 4.69) is 27.5 Å². The van der Waals surface area contributed by atoms with E-state index in [4.69, 9.17) is 4.98 Å². The molecular weight excluding hydrogens is 410 g/mol. The van der Waals surface area contributed by atoms with Crippen molar-refractivity contribution in [3.63, 3.8) is 0 Å².